The molecule has 2 aliphatic rings. The first kappa shape index (κ1) is 28.7. The number of carboxylic acid groups (broad SMARTS) is 1. The number of aliphatic carboxylic acids is 1. The highest BCUT2D eigenvalue weighted by Gasteiger charge is 2.27. The van der Waals surface area contributed by atoms with Gasteiger partial charge in [-0.05, 0) is 55.8 Å². The third-order valence-electron chi connectivity index (χ3n) is 6.45. The van der Waals surface area contributed by atoms with E-state index < -0.39 is 5.97 Å². The van der Waals surface area contributed by atoms with Crippen LogP contribution >= 0.6 is 24.8 Å². The summed E-state index contributed by atoms with van der Waals surface area (Å²) < 4.78 is 0. The van der Waals surface area contributed by atoms with Gasteiger partial charge in [-0.15, -0.1) is 24.8 Å². The summed E-state index contributed by atoms with van der Waals surface area (Å²) in [4.78, 5) is 30.3. The van der Waals surface area contributed by atoms with Crippen molar-refractivity contribution < 1.29 is 14.7 Å². The van der Waals surface area contributed by atoms with E-state index in [9.17, 15) is 14.7 Å². The minimum absolute atomic E-state index is 0. The van der Waals surface area contributed by atoms with Gasteiger partial charge in [0.25, 0.3) is 0 Å². The van der Waals surface area contributed by atoms with Crippen LogP contribution in [0.2, 0.25) is 0 Å². The van der Waals surface area contributed by atoms with E-state index in [1.165, 1.54) is 12.8 Å². The molecule has 0 aliphatic carbocycles. The zero-order chi connectivity index (χ0) is 23.0. The van der Waals surface area contributed by atoms with Gasteiger partial charge in [0, 0.05) is 50.1 Å². The third-order valence-corrected chi connectivity index (χ3v) is 6.45. The fraction of sp³-hybridized carbons (Fsp3) is 0.440. The molecule has 0 aromatic heterocycles. The summed E-state index contributed by atoms with van der Waals surface area (Å²) in [6, 6.07) is 17.7. The molecule has 0 radical (unpaired) electrons. The van der Waals surface area contributed by atoms with Crippen LogP contribution in [0.25, 0.3) is 0 Å². The second-order valence-electron chi connectivity index (χ2n) is 8.72. The Morgan fingerprint density at radius 3 is 2.17 bits per heavy atom. The Balaban J connectivity index is 0.00000216. The van der Waals surface area contributed by atoms with E-state index in [0.717, 1.165) is 50.5 Å². The normalized spacial score (nSPS) is 16.5. The first-order valence-electron chi connectivity index (χ1n) is 11.7. The first-order valence-corrected chi connectivity index (χ1v) is 11.7. The molecular formula is C25H35Cl2N5O3. The summed E-state index contributed by atoms with van der Waals surface area (Å²) in [7, 11) is 0. The molecule has 8 nitrogen and oxygen atoms in total. The molecule has 2 aromatic rings. The molecule has 2 amide bonds. The molecule has 0 atom stereocenters. The van der Waals surface area contributed by atoms with Crippen molar-refractivity contribution in [3.63, 3.8) is 0 Å². The predicted molar refractivity (Wildman–Crippen MR) is 144 cm³/mol. The summed E-state index contributed by atoms with van der Waals surface area (Å²) in [5.41, 5.74) is 2.55. The number of halogens is 2. The Labute approximate surface area is 219 Å². The van der Waals surface area contributed by atoms with Gasteiger partial charge in [0.15, 0.2) is 0 Å². The third kappa shape index (κ3) is 8.28. The maximum atomic E-state index is 12.8. The minimum Gasteiger partial charge on any atom is -0.480 e. The molecule has 2 aromatic carbocycles. The van der Waals surface area contributed by atoms with Gasteiger partial charge in [-0.25, -0.2) is 4.79 Å². The molecule has 35 heavy (non-hydrogen) atoms. The minimum atomic E-state index is -0.882. The molecule has 4 rings (SSSR count). The quantitative estimate of drug-likeness (QED) is 0.514. The highest BCUT2D eigenvalue weighted by molar-refractivity contribution is 5.89. The van der Waals surface area contributed by atoms with Crippen molar-refractivity contribution in [2.45, 2.75) is 25.4 Å². The van der Waals surface area contributed by atoms with Crippen LogP contribution < -0.4 is 15.5 Å². The van der Waals surface area contributed by atoms with Crippen molar-refractivity contribution in [2.75, 3.05) is 56.0 Å². The number of piperidine rings is 1. The Hall–Kier alpha value is -2.52. The lowest BCUT2D eigenvalue weighted by atomic mass is 10.0. The Bertz CT molecular complexity index is 918. The van der Waals surface area contributed by atoms with E-state index in [-0.39, 0.29) is 37.4 Å². The van der Waals surface area contributed by atoms with Gasteiger partial charge in [-0.1, -0.05) is 30.3 Å². The SMILES string of the molecule is Cl.Cl.O=C(O)CN(Cc1ccccc1)c1ccc(NC(=O)N2CCN(C3CCNCC3)CC2)cc1. The molecule has 3 N–H and O–H groups in total. The van der Waals surface area contributed by atoms with Gasteiger partial charge in [0.2, 0.25) is 0 Å². The standard InChI is InChI=1S/C25H33N5O3.2ClH/c31-24(32)19-30(18-20-4-2-1-3-5-20)22-8-6-21(7-9-22)27-25(33)29-16-14-28(15-17-29)23-10-12-26-13-11-23;;/h1-9,23,26H,10-19H2,(H,27,33)(H,31,32);2*1H. The number of benzene rings is 2. The molecule has 2 fully saturated rings. The van der Waals surface area contributed by atoms with Crippen molar-refractivity contribution in [3.05, 3.63) is 60.2 Å². The molecule has 0 spiro atoms. The maximum absolute atomic E-state index is 12.8. The molecule has 2 aliphatic heterocycles. The highest BCUT2D eigenvalue weighted by Crippen LogP contribution is 2.21. The summed E-state index contributed by atoms with van der Waals surface area (Å²) in [5, 5.41) is 15.7. The first-order chi connectivity index (χ1) is 16.1. The Kier molecular flexibility index (Phi) is 11.6. The van der Waals surface area contributed by atoms with E-state index in [0.29, 0.717) is 18.3 Å². The number of urea groups is 1. The number of carbonyl (C=O) groups excluding carboxylic acids is 1. The van der Waals surface area contributed by atoms with Gasteiger partial charge in [0.05, 0.1) is 0 Å². The van der Waals surface area contributed by atoms with Crippen molar-refractivity contribution in [1.82, 2.24) is 15.1 Å². The van der Waals surface area contributed by atoms with Crippen LogP contribution in [-0.4, -0.2) is 78.8 Å². The lowest BCUT2D eigenvalue weighted by Crippen LogP contribution is -2.54. The number of nitrogens with zero attached hydrogens (tertiary/aromatic N) is 3. The van der Waals surface area contributed by atoms with Gasteiger partial charge in [0.1, 0.15) is 6.54 Å². The lowest BCUT2D eigenvalue weighted by molar-refractivity contribution is -0.135. The topological polar surface area (TPSA) is 88.1 Å². The molecule has 10 heteroatoms. The monoisotopic (exact) mass is 523 g/mol. The average Bonchev–Trinajstić information content (AvgIpc) is 2.85. The number of carboxylic acids is 1. The van der Waals surface area contributed by atoms with Crippen molar-refractivity contribution >= 4 is 48.2 Å². The summed E-state index contributed by atoms with van der Waals surface area (Å²) >= 11 is 0. The van der Waals surface area contributed by atoms with Crippen LogP contribution in [0.4, 0.5) is 16.2 Å². The predicted octanol–water partition coefficient (Wildman–Crippen LogP) is 3.52. The van der Waals surface area contributed by atoms with Gasteiger partial charge < -0.3 is 25.5 Å². The fourth-order valence-corrected chi connectivity index (χ4v) is 4.63. The van der Waals surface area contributed by atoms with Crippen molar-refractivity contribution in [3.8, 4) is 0 Å². The summed E-state index contributed by atoms with van der Waals surface area (Å²) in [6.45, 7) is 5.87. The number of nitrogens with one attached hydrogen (secondary N) is 2. The molecule has 0 saturated carbocycles. The summed E-state index contributed by atoms with van der Waals surface area (Å²) in [6.07, 6.45) is 2.36. The number of rotatable bonds is 7. The number of piperazine rings is 1. The Morgan fingerprint density at radius 2 is 1.57 bits per heavy atom. The van der Waals surface area contributed by atoms with Crippen molar-refractivity contribution in [1.29, 1.82) is 0 Å². The molecular weight excluding hydrogens is 489 g/mol. The Morgan fingerprint density at radius 1 is 0.943 bits per heavy atom. The van der Waals surface area contributed by atoms with Crippen molar-refractivity contribution in [2.24, 2.45) is 0 Å². The van der Waals surface area contributed by atoms with Gasteiger partial charge >= 0.3 is 12.0 Å². The second kappa shape index (κ2) is 14.1. The summed E-state index contributed by atoms with van der Waals surface area (Å²) in [5.74, 6) is -0.882. The zero-order valence-corrected chi connectivity index (χ0v) is 21.4. The van der Waals surface area contributed by atoms with Crippen LogP contribution in [0.15, 0.2) is 54.6 Å². The largest absolute Gasteiger partial charge is 0.480 e. The molecule has 0 unspecified atom stereocenters. The smallest absolute Gasteiger partial charge is 0.323 e. The number of hydrogen-bond donors (Lipinski definition) is 3. The lowest BCUT2D eigenvalue weighted by Gasteiger charge is -2.40. The van der Waals surface area contributed by atoms with Gasteiger partial charge in [-0.3, -0.25) is 9.69 Å². The molecule has 192 valence electrons. The zero-order valence-electron chi connectivity index (χ0n) is 19.8. The maximum Gasteiger partial charge on any atom is 0.323 e. The number of carbonyl (C=O) groups is 2. The van der Waals surface area contributed by atoms with E-state index >= 15 is 0 Å². The van der Waals surface area contributed by atoms with Crippen LogP contribution in [0.1, 0.15) is 18.4 Å². The second-order valence-corrected chi connectivity index (χ2v) is 8.72. The van der Waals surface area contributed by atoms with E-state index in [4.69, 9.17) is 0 Å². The highest BCUT2D eigenvalue weighted by atomic mass is 35.5. The van der Waals surface area contributed by atoms with Crippen LogP contribution in [0.5, 0.6) is 0 Å². The number of anilines is 2. The fourth-order valence-electron chi connectivity index (χ4n) is 4.63. The molecule has 0 bridgehead atoms. The molecule has 2 heterocycles. The van der Waals surface area contributed by atoms with E-state index in [1.54, 1.807) is 0 Å². The number of hydrogen-bond acceptors (Lipinski definition) is 5. The van der Waals surface area contributed by atoms with Crippen LogP contribution in [-0.2, 0) is 11.3 Å². The van der Waals surface area contributed by atoms with E-state index in [2.05, 4.69) is 15.5 Å². The van der Waals surface area contributed by atoms with E-state index in [1.807, 2.05) is 64.4 Å². The van der Waals surface area contributed by atoms with Crippen LogP contribution in [0, 0.1) is 0 Å². The number of amides is 2. The molecule has 2 saturated heterocycles. The van der Waals surface area contributed by atoms with Crippen LogP contribution in [0.3, 0.4) is 0 Å². The average molecular weight is 524 g/mol. The van der Waals surface area contributed by atoms with Gasteiger partial charge in [-0.2, -0.15) is 0 Å².